The topological polar surface area (TPSA) is 12.9 Å². The lowest BCUT2D eigenvalue weighted by Crippen LogP contribution is -1.86. The van der Waals surface area contributed by atoms with Gasteiger partial charge in [0, 0.05) is 12.4 Å². The van der Waals surface area contributed by atoms with Crippen molar-refractivity contribution in [3.05, 3.63) is 30.1 Å². The van der Waals surface area contributed by atoms with Gasteiger partial charge in [-0.2, -0.15) is 0 Å². The van der Waals surface area contributed by atoms with Crippen LogP contribution in [0.15, 0.2) is 24.5 Å². The number of nitrogens with zero attached hydrogens (tertiary/aromatic N) is 1. The maximum Gasteiger partial charge on any atom is 0.0270 e. The maximum atomic E-state index is 4.00. The highest BCUT2D eigenvalue weighted by molar-refractivity contribution is 5.09. The van der Waals surface area contributed by atoms with Gasteiger partial charge in [0.25, 0.3) is 0 Å². The van der Waals surface area contributed by atoms with E-state index in [1.807, 2.05) is 12.4 Å². The summed E-state index contributed by atoms with van der Waals surface area (Å²) in [7, 11) is 0. The summed E-state index contributed by atoms with van der Waals surface area (Å²) < 4.78 is 0. The quantitative estimate of drug-likeness (QED) is 0.661. The molecular weight excluding hydrogens is 146 g/mol. The summed E-state index contributed by atoms with van der Waals surface area (Å²) in [6.07, 6.45) is 10.8. The molecule has 1 heterocycles. The van der Waals surface area contributed by atoms with Crippen molar-refractivity contribution in [2.75, 3.05) is 0 Å². The van der Waals surface area contributed by atoms with Crippen LogP contribution in [-0.4, -0.2) is 4.98 Å². The summed E-state index contributed by atoms with van der Waals surface area (Å²) in [5.74, 6) is 1.08. The number of hydrogen-bond acceptors (Lipinski definition) is 1. The zero-order valence-corrected chi connectivity index (χ0v) is 7.37. The summed E-state index contributed by atoms with van der Waals surface area (Å²) in [6, 6.07) is 4.24. The molecule has 0 atom stereocenters. The minimum Gasteiger partial charge on any atom is -0.265 e. The van der Waals surface area contributed by atoms with Crippen molar-refractivity contribution in [3.8, 4) is 0 Å². The van der Waals surface area contributed by atoms with Crippen molar-refractivity contribution >= 4 is 0 Å². The van der Waals surface area contributed by atoms with Gasteiger partial charge in [-0.15, -0.1) is 0 Å². The molecule has 1 aromatic heterocycles. The SMILES string of the molecule is c1cc(CCCC2CC2)ccn1. The smallest absolute Gasteiger partial charge is 0.0270 e. The molecule has 64 valence electrons. The monoisotopic (exact) mass is 161 g/mol. The Balaban J connectivity index is 1.72. The fourth-order valence-corrected chi connectivity index (χ4v) is 1.55. The number of pyridine rings is 1. The van der Waals surface area contributed by atoms with E-state index in [2.05, 4.69) is 17.1 Å². The largest absolute Gasteiger partial charge is 0.265 e. The molecule has 1 nitrogen and oxygen atoms in total. The average Bonchev–Trinajstić information content (AvgIpc) is 2.90. The van der Waals surface area contributed by atoms with Crippen molar-refractivity contribution in [2.45, 2.75) is 32.1 Å². The Morgan fingerprint density at radius 1 is 1.25 bits per heavy atom. The molecule has 1 aromatic rings. The van der Waals surface area contributed by atoms with Crippen LogP contribution < -0.4 is 0 Å². The van der Waals surface area contributed by atoms with E-state index in [4.69, 9.17) is 0 Å². The van der Waals surface area contributed by atoms with Crippen molar-refractivity contribution in [1.82, 2.24) is 4.98 Å². The highest BCUT2D eigenvalue weighted by Crippen LogP contribution is 2.33. The second kappa shape index (κ2) is 3.70. The van der Waals surface area contributed by atoms with E-state index in [1.165, 1.54) is 37.7 Å². The Labute approximate surface area is 73.8 Å². The van der Waals surface area contributed by atoms with Crippen molar-refractivity contribution in [1.29, 1.82) is 0 Å². The summed E-state index contributed by atoms with van der Waals surface area (Å²) in [4.78, 5) is 4.00. The zero-order valence-electron chi connectivity index (χ0n) is 7.37. The van der Waals surface area contributed by atoms with Crippen LogP contribution in [0.25, 0.3) is 0 Å². The Kier molecular flexibility index (Phi) is 2.40. The van der Waals surface area contributed by atoms with Gasteiger partial charge in [-0.1, -0.05) is 19.3 Å². The van der Waals surface area contributed by atoms with Crippen LogP contribution in [-0.2, 0) is 6.42 Å². The molecule has 0 amide bonds. The summed E-state index contributed by atoms with van der Waals surface area (Å²) in [6.45, 7) is 0. The van der Waals surface area contributed by atoms with E-state index in [0.29, 0.717) is 0 Å². The first-order valence-corrected chi connectivity index (χ1v) is 4.84. The molecule has 0 saturated heterocycles. The standard InChI is InChI=1S/C11H15N/c1(2-10-4-5-10)3-11-6-8-12-9-7-11/h6-10H,1-5H2. The number of hydrogen-bond donors (Lipinski definition) is 0. The van der Waals surface area contributed by atoms with E-state index in [0.717, 1.165) is 5.92 Å². The predicted molar refractivity (Wildman–Crippen MR) is 49.9 cm³/mol. The second-order valence-corrected chi connectivity index (χ2v) is 3.69. The van der Waals surface area contributed by atoms with Gasteiger partial charge in [0.2, 0.25) is 0 Å². The van der Waals surface area contributed by atoms with Crippen LogP contribution in [0.2, 0.25) is 0 Å². The first-order valence-electron chi connectivity index (χ1n) is 4.84. The van der Waals surface area contributed by atoms with Gasteiger partial charge < -0.3 is 0 Å². The maximum absolute atomic E-state index is 4.00. The van der Waals surface area contributed by atoms with Crippen LogP contribution in [0.1, 0.15) is 31.2 Å². The minimum absolute atomic E-state index is 1.08. The predicted octanol–water partition coefficient (Wildman–Crippen LogP) is 2.81. The Hall–Kier alpha value is -0.850. The molecule has 0 bridgehead atoms. The van der Waals surface area contributed by atoms with E-state index in [-0.39, 0.29) is 0 Å². The first kappa shape index (κ1) is 7.78. The molecule has 1 heteroatoms. The molecule has 1 saturated carbocycles. The van der Waals surface area contributed by atoms with Crippen molar-refractivity contribution in [3.63, 3.8) is 0 Å². The highest BCUT2D eigenvalue weighted by atomic mass is 14.6. The third kappa shape index (κ3) is 2.33. The summed E-state index contributed by atoms with van der Waals surface area (Å²) >= 11 is 0. The molecule has 0 aliphatic heterocycles. The Morgan fingerprint density at radius 3 is 2.67 bits per heavy atom. The van der Waals surface area contributed by atoms with E-state index < -0.39 is 0 Å². The van der Waals surface area contributed by atoms with Gasteiger partial charge in [-0.25, -0.2) is 0 Å². The average molecular weight is 161 g/mol. The molecule has 1 fully saturated rings. The number of aromatic nitrogens is 1. The van der Waals surface area contributed by atoms with Crippen molar-refractivity contribution in [2.24, 2.45) is 5.92 Å². The highest BCUT2D eigenvalue weighted by Gasteiger charge is 2.19. The molecule has 0 unspecified atom stereocenters. The van der Waals surface area contributed by atoms with Crippen LogP contribution in [0.4, 0.5) is 0 Å². The van der Waals surface area contributed by atoms with Crippen LogP contribution in [0.5, 0.6) is 0 Å². The molecule has 0 radical (unpaired) electrons. The normalized spacial score (nSPS) is 16.3. The van der Waals surface area contributed by atoms with Crippen molar-refractivity contribution < 1.29 is 0 Å². The van der Waals surface area contributed by atoms with E-state index in [9.17, 15) is 0 Å². The molecule has 12 heavy (non-hydrogen) atoms. The third-order valence-electron chi connectivity index (χ3n) is 2.52. The Bertz CT molecular complexity index is 226. The molecule has 0 aromatic carbocycles. The molecule has 0 spiro atoms. The van der Waals surface area contributed by atoms with Crippen LogP contribution in [0, 0.1) is 5.92 Å². The van der Waals surface area contributed by atoms with Gasteiger partial charge in [-0.3, -0.25) is 4.98 Å². The van der Waals surface area contributed by atoms with Crippen LogP contribution >= 0.6 is 0 Å². The Morgan fingerprint density at radius 2 is 2.00 bits per heavy atom. The van der Waals surface area contributed by atoms with E-state index >= 15 is 0 Å². The molecule has 1 aliphatic rings. The van der Waals surface area contributed by atoms with Crippen LogP contribution in [0.3, 0.4) is 0 Å². The lowest BCUT2D eigenvalue weighted by atomic mass is 10.1. The van der Waals surface area contributed by atoms with Gasteiger partial charge in [0.1, 0.15) is 0 Å². The second-order valence-electron chi connectivity index (χ2n) is 3.69. The van der Waals surface area contributed by atoms with Gasteiger partial charge >= 0.3 is 0 Å². The summed E-state index contributed by atoms with van der Waals surface area (Å²) in [5, 5.41) is 0. The minimum atomic E-state index is 1.08. The number of rotatable bonds is 4. The first-order chi connectivity index (χ1) is 5.95. The molecule has 2 rings (SSSR count). The van der Waals surface area contributed by atoms with E-state index in [1.54, 1.807) is 0 Å². The van der Waals surface area contributed by atoms with Gasteiger partial charge in [-0.05, 0) is 36.5 Å². The molecule has 1 aliphatic carbocycles. The lowest BCUT2D eigenvalue weighted by Gasteiger charge is -1.98. The van der Waals surface area contributed by atoms with Gasteiger partial charge in [0.05, 0.1) is 0 Å². The molecular formula is C11H15N. The zero-order chi connectivity index (χ0) is 8.23. The lowest BCUT2D eigenvalue weighted by molar-refractivity contribution is 0.666. The van der Waals surface area contributed by atoms with Gasteiger partial charge in [0.15, 0.2) is 0 Å². The fourth-order valence-electron chi connectivity index (χ4n) is 1.55. The number of aryl methyl sites for hydroxylation is 1. The molecule has 0 N–H and O–H groups in total. The fraction of sp³-hybridized carbons (Fsp3) is 0.545. The summed E-state index contributed by atoms with van der Waals surface area (Å²) in [5.41, 5.74) is 1.44. The third-order valence-corrected chi connectivity index (χ3v) is 2.52.